The number of amides is 2. The maximum atomic E-state index is 13.6. The Morgan fingerprint density at radius 1 is 0.613 bits per heavy atom. The largest absolute Gasteiger partial charge is 0.372 e. The van der Waals surface area contributed by atoms with E-state index >= 15 is 0 Å². The number of carbonyl (C=O) groups excluding carboxylic acids is 2. The van der Waals surface area contributed by atoms with E-state index in [2.05, 4.69) is 9.80 Å². The zero-order chi connectivity index (χ0) is 21.4. The van der Waals surface area contributed by atoms with Gasteiger partial charge in [-0.2, -0.15) is 0 Å². The molecule has 2 aromatic rings. The van der Waals surface area contributed by atoms with Crippen LogP contribution in [0.25, 0.3) is 5.57 Å². The van der Waals surface area contributed by atoms with E-state index in [9.17, 15) is 9.59 Å². The highest BCUT2D eigenvalue weighted by Crippen LogP contribution is 2.36. The highest BCUT2D eigenvalue weighted by molar-refractivity contribution is 6.45. The Bertz CT molecular complexity index is 1020. The average Bonchev–Trinajstić information content (AvgIpc) is 3.42. The number of hydrogen-bond acceptors (Lipinski definition) is 4. The van der Waals surface area contributed by atoms with Crippen molar-refractivity contribution in [3.63, 3.8) is 0 Å². The van der Waals surface area contributed by atoms with Gasteiger partial charge in [-0.3, -0.25) is 9.59 Å². The summed E-state index contributed by atoms with van der Waals surface area (Å²) in [6.45, 7) is 3.71. The summed E-state index contributed by atoms with van der Waals surface area (Å²) < 4.78 is 0. The zero-order valence-electron chi connectivity index (χ0n) is 17.5. The lowest BCUT2D eigenvalue weighted by molar-refractivity contribution is -0.120. The van der Waals surface area contributed by atoms with Crippen LogP contribution in [-0.2, 0) is 9.59 Å². The molecular formula is C25H26ClN3O2. The molecule has 0 saturated carbocycles. The Hall–Kier alpha value is -2.79. The number of anilines is 2. The molecule has 0 N–H and O–H groups in total. The number of nitrogens with zero attached hydrogens (tertiary/aromatic N) is 3. The maximum Gasteiger partial charge on any atom is 0.282 e. The fourth-order valence-corrected chi connectivity index (χ4v) is 4.95. The molecule has 0 spiro atoms. The number of piperidine rings is 1. The minimum atomic E-state index is -0.262. The molecule has 0 unspecified atom stereocenters. The molecule has 2 amide bonds. The molecule has 0 atom stereocenters. The van der Waals surface area contributed by atoms with Crippen molar-refractivity contribution in [1.82, 2.24) is 4.90 Å². The molecule has 5 nitrogen and oxygen atoms in total. The van der Waals surface area contributed by atoms with Gasteiger partial charge in [-0.05, 0) is 74.1 Å². The number of halogens is 1. The Balaban J connectivity index is 1.51. The number of hydrogen-bond donors (Lipinski definition) is 0. The fourth-order valence-electron chi connectivity index (χ4n) is 4.83. The molecule has 2 saturated heterocycles. The third-order valence-corrected chi connectivity index (χ3v) is 6.70. The second kappa shape index (κ2) is 8.39. The third-order valence-electron chi connectivity index (χ3n) is 6.44. The van der Waals surface area contributed by atoms with Gasteiger partial charge in [0.2, 0.25) is 0 Å². The number of rotatable bonds is 4. The highest BCUT2D eigenvalue weighted by Gasteiger charge is 2.42. The lowest BCUT2D eigenvalue weighted by Crippen LogP contribution is -2.37. The highest BCUT2D eigenvalue weighted by atomic mass is 35.5. The number of benzene rings is 2. The van der Waals surface area contributed by atoms with Crippen LogP contribution in [-0.4, -0.2) is 42.9 Å². The first kappa shape index (κ1) is 20.1. The smallest absolute Gasteiger partial charge is 0.282 e. The molecule has 2 fully saturated rings. The Morgan fingerprint density at radius 2 is 1.16 bits per heavy atom. The SMILES string of the molecule is O=C1C(c2ccc(Cl)cc2)=C(N2CCCCC2)C(=O)N1c1ccc(N2CCCC2)cc1. The van der Waals surface area contributed by atoms with Crippen molar-refractivity contribution in [3.05, 3.63) is 64.8 Å². The molecule has 3 aliphatic heterocycles. The van der Waals surface area contributed by atoms with Gasteiger partial charge in [-0.15, -0.1) is 0 Å². The molecule has 0 bridgehead atoms. The normalized spacial score (nSPS) is 19.7. The monoisotopic (exact) mass is 435 g/mol. The number of carbonyl (C=O) groups is 2. The van der Waals surface area contributed by atoms with Crippen molar-refractivity contribution in [2.45, 2.75) is 32.1 Å². The van der Waals surface area contributed by atoms with E-state index in [-0.39, 0.29) is 11.8 Å². The Labute approximate surface area is 187 Å². The summed E-state index contributed by atoms with van der Waals surface area (Å²) >= 11 is 6.07. The van der Waals surface area contributed by atoms with E-state index in [1.54, 1.807) is 12.1 Å². The predicted octanol–water partition coefficient (Wildman–Crippen LogP) is 4.71. The van der Waals surface area contributed by atoms with Gasteiger partial charge < -0.3 is 9.80 Å². The molecular weight excluding hydrogens is 410 g/mol. The molecule has 160 valence electrons. The molecule has 6 heteroatoms. The zero-order valence-corrected chi connectivity index (χ0v) is 18.3. The van der Waals surface area contributed by atoms with Crippen LogP contribution in [0.1, 0.15) is 37.7 Å². The average molecular weight is 436 g/mol. The summed E-state index contributed by atoms with van der Waals surface area (Å²) in [4.78, 5) is 32.9. The van der Waals surface area contributed by atoms with Gasteiger partial charge in [0.05, 0.1) is 11.3 Å². The molecule has 0 aliphatic carbocycles. The van der Waals surface area contributed by atoms with Crippen LogP contribution in [0.5, 0.6) is 0 Å². The van der Waals surface area contributed by atoms with Crippen molar-refractivity contribution in [2.24, 2.45) is 0 Å². The minimum absolute atomic E-state index is 0.231. The molecule has 0 aromatic heterocycles. The van der Waals surface area contributed by atoms with Gasteiger partial charge in [0.25, 0.3) is 11.8 Å². The second-order valence-electron chi connectivity index (χ2n) is 8.43. The third kappa shape index (κ3) is 3.72. The summed E-state index contributed by atoms with van der Waals surface area (Å²) in [5.41, 5.74) is 3.50. The van der Waals surface area contributed by atoms with Crippen LogP contribution in [0.2, 0.25) is 5.02 Å². The lowest BCUT2D eigenvalue weighted by atomic mass is 10.0. The number of imide groups is 1. The van der Waals surface area contributed by atoms with Crippen molar-refractivity contribution >= 4 is 40.4 Å². The topological polar surface area (TPSA) is 43.9 Å². The van der Waals surface area contributed by atoms with E-state index < -0.39 is 0 Å². The Kier molecular flexibility index (Phi) is 5.45. The summed E-state index contributed by atoms with van der Waals surface area (Å²) in [6.07, 6.45) is 5.63. The van der Waals surface area contributed by atoms with Gasteiger partial charge >= 0.3 is 0 Å². The first-order chi connectivity index (χ1) is 15.1. The van der Waals surface area contributed by atoms with Gasteiger partial charge in [0, 0.05) is 36.9 Å². The van der Waals surface area contributed by atoms with Gasteiger partial charge in [0.1, 0.15) is 5.70 Å². The predicted molar refractivity (Wildman–Crippen MR) is 124 cm³/mol. The first-order valence-electron chi connectivity index (χ1n) is 11.1. The van der Waals surface area contributed by atoms with Crippen molar-refractivity contribution < 1.29 is 9.59 Å². The minimum Gasteiger partial charge on any atom is -0.372 e. The lowest BCUT2D eigenvalue weighted by Gasteiger charge is -2.29. The molecule has 0 radical (unpaired) electrons. The first-order valence-corrected chi connectivity index (χ1v) is 11.5. The quantitative estimate of drug-likeness (QED) is 0.652. The van der Waals surface area contributed by atoms with Crippen LogP contribution >= 0.6 is 11.6 Å². The summed E-state index contributed by atoms with van der Waals surface area (Å²) in [6, 6.07) is 15.0. The summed E-state index contributed by atoms with van der Waals surface area (Å²) in [5, 5.41) is 0.606. The van der Waals surface area contributed by atoms with E-state index in [1.165, 1.54) is 17.7 Å². The molecule has 2 aromatic carbocycles. The van der Waals surface area contributed by atoms with Gasteiger partial charge in [0.15, 0.2) is 0 Å². The molecule has 3 heterocycles. The van der Waals surface area contributed by atoms with Crippen LogP contribution in [0, 0.1) is 0 Å². The van der Waals surface area contributed by atoms with Gasteiger partial charge in [-0.25, -0.2) is 4.90 Å². The van der Waals surface area contributed by atoms with Crippen LogP contribution < -0.4 is 9.80 Å². The van der Waals surface area contributed by atoms with Crippen LogP contribution in [0.3, 0.4) is 0 Å². The standard InChI is InChI=1S/C25H26ClN3O2/c26-19-8-6-18(7-9-19)22-23(28-16-2-1-3-17-28)25(31)29(24(22)30)21-12-10-20(11-13-21)27-14-4-5-15-27/h6-13H,1-5,14-17H2. The summed E-state index contributed by atoms with van der Waals surface area (Å²) in [5.74, 6) is -0.493. The van der Waals surface area contributed by atoms with Crippen LogP contribution in [0.15, 0.2) is 54.2 Å². The van der Waals surface area contributed by atoms with Crippen molar-refractivity contribution in [2.75, 3.05) is 36.0 Å². The van der Waals surface area contributed by atoms with Crippen molar-refractivity contribution in [1.29, 1.82) is 0 Å². The molecule has 3 aliphatic rings. The van der Waals surface area contributed by atoms with E-state index in [1.807, 2.05) is 36.4 Å². The van der Waals surface area contributed by atoms with E-state index in [0.29, 0.717) is 22.0 Å². The second-order valence-corrected chi connectivity index (χ2v) is 8.87. The molecule has 5 rings (SSSR count). The van der Waals surface area contributed by atoms with Crippen LogP contribution in [0.4, 0.5) is 11.4 Å². The van der Waals surface area contributed by atoms with Crippen molar-refractivity contribution in [3.8, 4) is 0 Å². The maximum absolute atomic E-state index is 13.6. The number of likely N-dealkylation sites (tertiary alicyclic amines) is 1. The Morgan fingerprint density at radius 3 is 1.81 bits per heavy atom. The molecule has 31 heavy (non-hydrogen) atoms. The van der Waals surface area contributed by atoms with E-state index in [4.69, 9.17) is 11.6 Å². The van der Waals surface area contributed by atoms with E-state index in [0.717, 1.165) is 56.7 Å². The summed E-state index contributed by atoms with van der Waals surface area (Å²) in [7, 11) is 0. The van der Waals surface area contributed by atoms with Gasteiger partial charge in [-0.1, -0.05) is 23.7 Å². The fraction of sp³-hybridized carbons (Fsp3) is 0.360.